The minimum absolute atomic E-state index is 0.0296. The molecular formula is C22H36O6. The van der Waals surface area contributed by atoms with Crippen molar-refractivity contribution in [2.45, 2.75) is 80.3 Å². The summed E-state index contributed by atoms with van der Waals surface area (Å²) in [5.41, 5.74) is -1.12. The molecule has 2 rings (SSSR count). The zero-order valence-electron chi connectivity index (χ0n) is 18.4. The van der Waals surface area contributed by atoms with Crippen LogP contribution in [0, 0.1) is 28.1 Å². The second-order valence-electron chi connectivity index (χ2n) is 10.8. The fraction of sp³-hybridized carbons (Fsp3) is 0.864. The van der Waals surface area contributed by atoms with E-state index < -0.39 is 24.0 Å². The number of hydrogen-bond acceptors (Lipinski definition) is 6. The highest BCUT2D eigenvalue weighted by Crippen LogP contribution is 2.47. The molecule has 1 saturated carbocycles. The third-order valence-electron chi connectivity index (χ3n) is 6.34. The Morgan fingerprint density at radius 1 is 1.04 bits per heavy atom. The Labute approximate surface area is 168 Å². The molecule has 1 saturated heterocycles. The van der Waals surface area contributed by atoms with Gasteiger partial charge in [-0.1, -0.05) is 48.0 Å². The predicted molar refractivity (Wildman–Crippen MR) is 104 cm³/mol. The van der Waals surface area contributed by atoms with Gasteiger partial charge in [-0.15, -0.1) is 0 Å². The van der Waals surface area contributed by atoms with Crippen LogP contribution in [-0.4, -0.2) is 37.2 Å². The monoisotopic (exact) mass is 396 g/mol. The molecule has 1 aliphatic carbocycles. The number of hydrogen-bond donors (Lipinski definition) is 0. The van der Waals surface area contributed by atoms with Crippen molar-refractivity contribution < 1.29 is 28.6 Å². The molecule has 2 fully saturated rings. The molecule has 2 aliphatic rings. The van der Waals surface area contributed by atoms with Crippen LogP contribution in [0.5, 0.6) is 0 Å². The Hall–Kier alpha value is -1.59. The lowest BCUT2D eigenvalue weighted by atomic mass is 9.61. The largest absolute Gasteiger partial charge is 0.459 e. The lowest BCUT2D eigenvalue weighted by molar-refractivity contribution is -0.173. The summed E-state index contributed by atoms with van der Waals surface area (Å²) in [5.74, 6) is -1.10. The summed E-state index contributed by atoms with van der Waals surface area (Å²) in [6.07, 6.45) is 3.04. The molecule has 6 nitrogen and oxygen atoms in total. The third-order valence-corrected chi connectivity index (χ3v) is 6.34. The number of cyclic esters (lactones) is 1. The maximum Gasteiger partial charge on any atom is 0.344 e. The maximum atomic E-state index is 12.8. The summed E-state index contributed by atoms with van der Waals surface area (Å²) in [5, 5.41) is 0. The van der Waals surface area contributed by atoms with Gasteiger partial charge in [0.05, 0.1) is 11.3 Å². The van der Waals surface area contributed by atoms with Gasteiger partial charge in [0.15, 0.2) is 6.61 Å². The molecule has 4 unspecified atom stereocenters. The molecular weight excluding hydrogens is 360 g/mol. The van der Waals surface area contributed by atoms with Crippen LogP contribution in [0.3, 0.4) is 0 Å². The molecule has 1 aliphatic heterocycles. The minimum Gasteiger partial charge on any atom is -0.459 e. The predicted octanol–water partition coefficient (Wildman–Crippen LogP) is 3.90. The lowest BCUT2D eigenvalue weighted by Gasteiger charge is -2.43. The van der Waals surface area contributed by atoms with E-state index in [9.17, 15) is 14.4 Å². The number of ether oxygens (including phenoxy) is 3. The van der Waals surface area contributed by atoms with Gasteiger partial charge in [0.25, 0.3) is 0 Å². The van der Waals surface area contributed by atoms with Crippen LogP contribution in [0.15, 0.2) is 0 Å². The Bertz CT molecular complexity index is 611. The van der Waals surface area contributed by atoms with Gasteiger partial charge in [0, 0.05) is 5.92 Å². The van der Waals surface area contributed by atoms with Crippen LogP contribution in [-0.2, 0) is 28.6 Å². The van der Waals surface area contributed by atoms with E-state index in [-0.39, 0.29) is 41.3 Å². The summed E-state index contributed by atoms with van der Waals surface area (Å²) in [6.45, 7) is 13.8. The van der Waals surface area contributed by atoms with E-state index in [0.29, 0.717) is 6.42 Å². The quantitative estimate of drug-likeness (QED) is 0.500. The van der Waals surface area contributed by atoms with Gasteiger partial charge >= 0.3 is 17.9 Å². The molecule has 0 bridgehead atoms. The van der Waals surface area contributed by atoms with E-state index in [1.807, 2.05) is 27.7 Å². The van der Waals surface area contributed by atoms with E-state index in [1.54, 1.807) is 0 Å². The Kier molecular flexibility index (Phi) is 6.51. The fourth-order valence-corrected chi connectivity index (χ4v) is 4.41. The summed E-state index contributed by atoms with van der Waals surface area (Å²) < 4.78 is 15.9. The molecule has 0 aromatic carbocycles. The van der Waals surface area contributed by atoms with Crippen LogP contribution < -0.4 is 0 Å². The van der Waals surface area contributed by atoms with E-state index >= 15 is 0 Å². The van der Waals surface area contributed by atoms with Crippen LogP contribution in [0.2, 0.25) is 0 Å². The highest BCUT2D eigenvalue weighted by atomic mass is 16.6. The normalized spacial score (nSPS) is 27.0. The smallest absolute Gasteiger partial charge is 0.344 e. The third kappa shape index (κ3) is 5.06. The van der Waals surface area contributed by atoms with E-state index in [2.05, 4.69) is 20.8 Å². The van der Waals surface area contributed by atoms with Crippen LogP contribution in [0.1, 0.15) is 74.1 Å². The summed E-state index contributed by atoms with van der Waals surface area (Å²) in [4.78, 5) is 36.8. The van der Waals surface area contributed by atoms with Gasteiger partial charge in [-0.3, -0.25) is 9.59 Å². The van der Waals surface area contributed by atoms with Gasteiger partial charge in [0.2, 0.25) is 0 Å². The number of fused-ring (bicyclic) bond motifs is 1. The first-order chi connectivity index (χ1) is 12.7. The van der Waals surface area contributed by atoms with Crippen molar-refractivity contribution in [1.29, 1.82) is 0 Å². The van der Waals surface area contributed by atoms with Crippen molar-refractivity contribution in [3.05, 3.63) is 0 Å². The Morgan fingerprint density at radius 2 is 1.68 bits per heavy atom. The molecule has 0 N–H and O–H groups in total. The van der Waals surface area contributed by atoms with Crippen molar-refractivity contribution >= 4 is 17.9 Å². The number of rotatable bonds is 6. The fourth-order valence-electron chi connectivity index (χ4n) is 4.41. The average molecular weight is 397 g/mol. The standard InChI is InChI=1S/C22H36O6/c1-20(2,3)13-22(7,21(4,5)6)19(25)27-12-17(23)26-11-16-14-9-8-10-15(14)18(24)28-16/h14-16H,8-13H2,1-7H3. The van der Waals surface area contributed by atoms with Crippen LogP contribution in [0.4, 0.5) is 0 Å². The number of carbonyl (C=O) groups excluding carboxylic acids is 3. The second kappa shape index (κ2) is 8.03. The molecule has 1 heterocycles. The highest BCUT2D eigenvalue weighted by molar-refractivity contribution is 5.81. The molecule has 0 aromatic rings. The summed E-state index contributed by atoms with van der Waals surface area (Å²) >= 11 is 0. The first-order valence-electron chi connectivity index (χ1n) is 10.3. The Morgan fingerprint density at radius 3 is 2.25 bits per heavy atom. The summed E-state index contributed by atoms with van der Waals surface area (Å²) in [7, 11) is 0. The van der Waals surface area contributed by atoms with Crippen LogP contribution >= 0.6 is 0 Å². The van der Waals surface area contributed by atoms with Gasteiger partial charge in [-0.05, 0) is 37.0 Å². The molecule has 6 heteroatoms. The topological polar surface area (TPSA) is 78.9 Å². The van der Waals surface area contributed by atoms with Gasteiger partial charge in [-0.2, -0.15) is 0 Å². The van der Waals surface area contributed by atoms with E-state index in [4.69, 9.17) is 14.2 Å². The Balaban J connectivity index is 1.87. The van der Waals surface area contributed by atoms with Gasteiger partial charge < -0.3 is 14.2 Å². The van der Waals surface area contributed by atoms with Gasteiger partial charge in [-0.25, -0.2) is 4.79 Å². The molecule has 160 valence electrons. The zero-order valence-corrected chi connectivity index (χ0v) is 18.4. The molecule has 0 amide bonds. The minimum atomic E-state index is -0.733. The summed E-state index contributed by atoms with van der Waals surface area (Å²) in [6, 6.07) is 0. The SMILES string of the molecule is CC(C)(C)CC(C)(C(=O)OCC(=O)OCC1OC(=O)C2CCCC12)C(C)(C)C. The first kappa shape index (κ1) is 22.7. The van der Waals surface area contributed by atoms with Crippen molar-refractivity contribution in [2.75, 3.05) is 13.2 Å². The van der Waals surface area contributed by atoms with Crippen LogP contribution in [0.25, 0.3) is 0 Å². The molecule has 4 atom stereocenters. The number of carbonyl (C=O) groups is 3. The van der Waals surface area contributed by atoms with Crippen molar-refractivity contribution in [2.24, 2.45) is 28.1 Å². The highest BCUT2D eigenvalue weighted by Gasteiger charge is 2.49. The van der Waals surface area contributed by atoms with E-state index in [1.165, 1.54) is 0 Å². The van der Waals surface area contributed by atoms with Crippen molar-refractivity contribution in [3.8, 4) is 0 Å². The molecule has 0 aromatic heterocycles. The molecule has 0 radical (unpaired) electrons. The van der Waals surface area contributed by atoms with Gasteiger partial charge in [0.1, 0.15) is 12.7 Å². The maximum absolute atomic E-state index is 12.8. The van der Waals surface area contributed by atoms with E-state index in [0.717, 1.165) is 19.3 Å². The number of esters is 3. The first-order valence-corrected chi connectivity index (χ1v) is 10.3. The molecule has 0 spiro atoms. The molecule has 28 heavy (non-hydrogen) atoms. The lowest BCUT2D eigenvalue weighted by Crippen LogP contribution is -2.44. The average Bonchev–Trinajstić information content (AvgIpc) is 3.12. The van der Waals surface area contributed by atoms with Crippen molar-refractivity contribution in [3.63, 3.8) is 0 Å². The van der Waals surface area contributed by atoms with Crippen molar-refractivity contribution in [1.82, 2.24) is 0 Å². The zero-order chi connectivity index (χ0) is 21.3. The second-order valence-corrected chi connectivity index (χ2v) is 10.8.